The lowest BCUT2D eigenvalue weighted by molar-refractivity contribution is -0.121. The minimum absolute atomic E-state index is 0.314. The van der Waals surface area contributed by atoms with Crippen molar-refractivity contribution in [1.82, 2.24) is 4.90 Å². The van der Waals surface area contributed by atoms with Gasteiger partial charge in [-0.2, -0.15) is 0 Å². The summed E-state index contributed by atoms with van der Waals surface area (Å²) >= 11 is 0. The molecule has 3 heteroatoms. The molecule has 1 aliphatic carbocycles. The number of hydrogen-bond donors (Lipinski definition) is 1. The zero-order valence-electron chi connectivity index (χ0n) is 7.41. The highest BCUT2D eigenvalue weighted by molar-refractivity contribution is 4.92. The maximum atomic E-state index is 8.71. The van der Waals surface area contributed by atoms with Gasteiger partial charge < -0.3 is 9.84 Å². The summed E-state index contributed by atoms with van der Waals surface area (Å²) in [4.78, 5) is 2.47. The lowest BCUT2D eigenvalue weighted by atomic mass is 9.86. The van der Waals surface area contributed by atoms with Gasteiger partial charge in [0.15, 0.2) is 0 Å². The Morgan fingerprint density at radius 1 is 1.42 bits per heavy atom. The van der Waals surface area contributed by atoms with Crippen LogP contribution in [0, 0.1) is 0 Å². The zero-order chi connectivity index (χ0) is 8.39. The molecule has 12 heavy (non-hydrogen) atoms. The summed E-state index contributed by atoms with van der Waals surface area (Å²) in [7, 11) is 0. The summed E-state index contributed by atoms with van der Waals surface area (Å²) in [5, 5.41) is 8.71. The molecule has 0 amide bonds. The quantitative estimate of drug-likeness (QED) is 0.660. The van der Waals surface area contributed by atoms with Gasteiger partial charge in [-0.05, 0) is 19.3 Å². The fraction of sp³-hybridized carbons (Fsp3) is 1.00. The van der Waals surface area contributed by atoms with E-state index in [4.69, 9.17) is 9.84 Å². The Bertz CT molecular complexity index is 151. The van der Waals surface area contributed by atoms with Crippen LogP contribution in [0.5, 0.6) is 0 Å². The molecule has 2 fully saturated rings. The van der Waals surface area contributed by atoms with Gasteiger partial charge in [-0.25, -0.2) is 0 Å². The van der Waals surface area contributed by atoms with Crippen LogP contribution in [0.2, 0.25) is 0 Å². The van der Waals surface area contributed by atoms with Gasteiger partial charge in [0, 0.05) is 25.7 Å². The third-order valence-corrected chi connectivity index (χ3v) is 2.96. The molecule has 2 rings (SSSR count). The lowest BCUT2D eigenvalue weighted by Gasteiger charge is -2.48. The fourth-order valence-corrected chi connectivity index (χ4v) is 2.10. The Labute approximate surface area is 73.3 Å². The third-order valence-electron chi connectivity index (χ3n) is 2.96. The molecule has 70 valence electrons. The topological polar surface area (TPSA) is 32.7 Å². The highest BCUT2D eigenvalue weighted by Crippen LogP contribution is 2.31. The van der Waals surface area contributed by atoms with Crippen molar-refractivity contribution in [3.63, 3.8) is 0 Å². The molecular formula is C9H17NO2. The van der Waals surface area contributed by atoms with Crippen LogP contribution < -0.4 is 0 Å². The lowest BCUT2D eigenvalue weighted by Crippen LogP contribution is -2.57. The molecule has 1 saturated carbocycles. The molecule has 3 nitrogen and oxygen atoms in total. The Kier molecular flexibility index (Phi) is 2.63. The van der Waals surface area contributed by atoms with E-state index in [1.807, 2.05) is 0 Å². The first-order valence-corrected chi connectivity index (χ1v) is 4.88. The van der Waals surface area contributed by atoms with Crippen LogP contribution >= 0.6 is 0 Å². The molecule has 0 aromatic heterocycles. The van der Waals surface area contributed by atoms with Gasteiger partial charge in [-0.15, -0.1) is 0 Å². The van der Waals surface area contributed by atoms with Crippen molar-refractivity contribution >= 4 is 0 Å². The van der Waals surface area contributed by atoms with Gasteiger partial charge in [0.2, 0.25) is 0 Å². The first-order chi connectivity index (χ1) is 5.92. The highest BCUT2D eigenvalue weighted by atomic mass is 16.5. The maximum Gasteiger partial charge on any atom is 0.0731 e. The molecule has 1 aliphatic heterocycles. The summed E-state index contributed by atoms with van der Waals surface area (Å²) in [6, 6.07) is 0.672. The number of nitrogens with zero attached hydrogens (tertiary/aromatic N) is 1. The Balaban J connectivity index is 1.79. The van der Waals surface area contributed by atoms with Crippen molar-refractivity contribution in [2.24, 2.45) is 0 Å². The first kappa shape index (κ1) is 8.48. The van der Waals surface area contributed by atoms with E-state index in [-0.39, 0.29) is 0 Å². The van der Waals surface area contributed by atoms with Crippen molar-refractivity contribution in [3.8, 4) is 0 Å². The number of fused-ring (bicyclic) bond motifs is 1. The predicted octanol–water partition coefficient (Wildman–Crippen LogP) is 0.232. The molecule has 1 N–H and O–H groups in total. The van der Waals surface area contributed by atoms with Crippen molar-refractivity contribution < 1.29 is 9.84 Å². The van der Waals surface area contributed by atoms with Crippen molar-refractivity contribution in [1.29, 1.82) is 0 Å². The summed E-state index contributed by atoms with van der Waals surface area (Å²) < 4.78 is 5.58. The molecule has 0 aromatic rings. The van der Waals surface area contributed by atoms with Crippen LogP contribution in [0.3, 0.4) is 0 Å². The van der Waals surface area contributed by atoms with Crippen LogP contribution in [0.4, 0.5) is 0 Å². The summed E-state index contributed by atoms with van der Waals surface area (Å²) in [5.41, 5.74) is 0. The van der Waals surface area contributed by atoms with Crippen LogP contribution in [-0.4, -0.2) is 48.5 Å². The van der Waals surface area contributed by atoms with Crippen molar-refractivity contribution in [2.75, 3.05) is 26.3 Å². The maximum absolute atomic E-state index is 8.71. The third kappa shape index (κ3) is 1.49. The minimum atomic E-state index is 0.314. The molecule has 2 aliphatic rings. The van der Waals surface area contributed by atoms with Gasteiger partial charge in [0.1, 0.15) is 0 Å². The van der Waals surface area contributed by atoms with Crippen molar-refractivity contribution in [2.45, 2.75) is 31.4 Å². The van der Waals surface area contributed by atoms with Gasteiger partial charge in [-0.1, -0.05) is 0 Å². The number of ether oxygens (including phenoxy) is 1. The smallest absolute Gasteiger partial charge is 0.0731 e. The SMILES string of the molecule is OCCCN1CCOC2CCC21. The Morgan fingerprint density at radius 2 is 2.33 bits per heavy atom. The monoisotopic (exact) mass is 171 g/mol. The van der Waals surface area contributed by atoms with E-state index in [9.17, 15) is 0 Å². The molecule has 2 atom stereocenters. The van der Waals surface area contributed by atoms with E-state index in [0.29, 0.717) is 18.8 Å². The molecular weight excluding hydrogens is 154 g/mol. The molecule has 0 spiro atoms. The number of hydrogen-bond acceptors (Lipinski definition) is 3. The largest absolute Gasteiger partial charge is 0.396 e. The molecule has 0 radical (unpaired) electrons. The molecule has 0 bridgehead atoms. The van der Waals surface area contributed by atoms with E-state index in [1.54, 1.807) is 0 Å². The number of aliphatic hydroxyl groups excluding tert-OH is 1. The average molecular weight is 171 g/mol. The average Bonchev–Trinajstić information content (AvgIpc) is 2.04. The number of morpholine rings is 1. The van der Waals surface area contributed by atoms with Gasteiger partial charge in [-0.3, -0.25) is 4.90 Å². The van der Waals surface area contributed by atoms with Gasteiger partial charge >= 0.3 is 0 Å². The molecule has 1 heterocycles. The second-order valence-corrected chi connectivity index (χ2v) is 3.67. The van der Waals surface area contributed by atoms with Crippen LogP contribution in [0.15, 0.2) is 0 Å². The van der Waals surface area contributed by atoms with E-state index < -0.39 is 0 Å². The predicted molar refractivity (Wildman–Crippen MR) is 46.0 cm³/mol. The van der Waals surface area contributed by atoms with Crippen LogP contribution in [0.25, 0.3) is 0 Å². The highest BCUT2D eigenvalue weighted by Gasteiger charge is 2.38. The van der Waals surface area contributed by atoms with Crippen molar-refractivity contribution in [3.05, 3.63) is 0 Å². The van der Waals surface area contributed by atoms with E-state index in [2.05, 4.69) is 4.90 Å². The Morgan fingerprint density at radius 3 is 3.00 bits per heavy atom. The summed E-state index contributed by atoms with van der Waals surface area (Å²) in [6.07, 6.45) is 3.94. The minimum Gasteiger partial charge on any atom is -0.396 e. The second-order valence-electron chi connectivity index (χ2n) is 3.67. The zero-order valence-corrected chi connectivity index (χ0v) is 7.41. The Hall–Kier alpha value is -0.120. The van der Waals surface area contributed by atoms with Crippen LogP contribution in [0.1, 0.15) is 19.3 Å². The second kappa shape index (κ2) is 3.73. The van der Waals surface area contributed by atoms with E-state index in [1.165, 1.54) is 12.8 Å². The summed E-state index contributed by atoms with van der Waals surface area (Å²) in [5.74, 6) is 0. The normalized spacial score (nSPS) is 35.8. The standard InChI is InChI=1S/C9H17NO2/c11-6-1-4-10-5-7-12-9-3-2-8(9)10/h8-9,11H,1-7H2. The van der Waals surface area contributed by atoms with Gasteiger partial charge in [0.25, 0.3) is 0 Å². The summed E-state index contributed by atoms with van der Waals surface area (Å²) in [6.45, 7) is 3.30. The molecule has 0 aromatic carbocycles. The molecule has 1 saturated heterocycles. The number of aliphatic hydroxyl groups is 1. The van der Waals surface area contributed by atoms with E-state index >= 15 is 0 Å². The van der Waals surface area contributed by atoms with Crippen LogP contribution in [-0.2, 0) is 4.74 Å². The van der Waals surface area contributed by atoms with Gasteiger partial charge in [0.05, 0.1) is 12.7 Å². The van der Waals surface area contributed by atoms with E-state index in [0.717, 1.165) is 26.1 Å². The first-order valence-electron chi connectivity index (χ1n) is 4.88. The molecule has 2 unspecified atom stereocenters. The fourth-order valence-electron chi connectivity index (χ4n) is 2.10. The number of rotatable bonds is 3.